The highest BCUT2D eigenvalue weighted by Crippen LogP contribution is 2.31. The number of hydrogen-bond acceptors (Lipinski definition) is 3. The topological polar surface area (TPSA) is 36.3 Å². The summed E-state index contributed by atoms with van der Waals surface area (Å²) in [5.74, 6) is 1.82. The highest BCUT2D eigenvalue weighted by atomic mass is 16.5. The number of rotatable bonds is 6. The molecule has 2 aliphatic rings. The lowest BCUT2D eigenvalue weighted by molar-refractivity contribution is 0.0679. The summed E-state index contributed by atoms with van der Waals surface area (Å²) in [5.41, 5.74) is 0. The van der Waals surface area contributed by atoms with Gasteiger partial charge in [0.15, 0.2) is 0 Å². The SMILES string of the molecule is CC1CCC(C#N)C(N(C)CCOCC2CC2)C1. The largest absolute Gasteiger partial charge is 0.380 e. The maximum atomic E-state index is 9.24. The van der Waals surface area contributed by atoms with Crippen molar-refractivity contribution in [1.29, 1.82) is 5.26 Å². The van der Waals surface area contributed by atoms with Gasteiger partial charge in [-0.3, -0.25) is 4.90 Å². The summed E-state index contributed by atoms with van der Waals surface area (Å²) in [5, 5.41) is 9.24. The predicted molar refractivity (Wildman–Crippen MR) is 72.1 cm³/mol. The molecule has 2 fully saturated rings. The minimum absolute atomic E-state index is 0.217. The number of nitrogens with zero attached hydrogens (tertiary/aromatic N) is 2. The van der Waals surface area contributed by atoms with E-state index >= 15 is 0 Å². The van der Waals surface area contributed by atoms with Crippen LogP contribution >= 0.6 is 0 Å². The van der Waals surface area contributed by atoms with Crippen molar-refractivity contribution in [3.63, 3.8) is 0 Å². The molecule has 0 heterocycles. The molecule has 0 aromatic rings. The monoisotopic (exact) mass is 250 g/mol. The van der Waals surface area contributed by atoms with Crippen LogP contribution in [0.2, 0.25) is 0 Å². The lowest BCUT2D eigenvalue weighted by Crippen LogP contribution is -2.43. The molecule has 0 spiro atoms. The number of likely N-dealkylation sites (N-methyl/N-ethyl adjacent to an activating group) is 1. The van der Waals surface area contributed by atoms with Crippen molar-refractivity contribution in [2.75, 3.05) is 26.8 Å². The first-order chi connectivity index (χ1) is 8.70. The average molecular weight is 250 g/mol. The summed E-state index contributed by atoms with van der Waals surface area (Å²) in [7, 11) is 2.15. The fourth-order valence-electron chi connectivity index (χ4n) is 2.90. The molecule has 0 amide bonds. The quantitative estimate of drug-likeness (QED) is 0.680. The van der Waals surface area contributed by atoms with Crippen molar-refractivity contribution < 1.29 is 4.74 Å². The number of nitriles is 1. The van der Waals surface area contributed by atoms with Crippen LogP contribution in [0.25, 0.3) is 0 Å². The molecule has 0 aromatic heterocycles. The molecule has 3 nitrogen and oxygen atoms in total. The molecule has 0 aliphatic heterocycles. The molecule has 3 heteroatoms. The van der Waals surface area contributed by atoms with Crippen molar-refractivity contribution in [1.82, 2.24) is 4.90 Å². The molecule has 3 atom stereocenters. The number of hydrogen-bond donors (Lipinski definition) is 0. The van der Waals surface area contributed by atoms with E-state index < -0.39 is 0 Å². The van der Waals surface area contributed by atoms with Gasteiger partial charge < -0.3 is 4.74 Å². The van der Waals surface area contributed by atoms with Gasteiger partial charge in [-0.25, -0.2) is 0 Å². The van der Waals surface area contributed by atoms with E-state index in [-0.39, 0.29) is 5.92 Å². The van der Waals surface area contributed by atoms with Crippen molar-refractivity contribution in [3.8, 4) is 6.07 Å². The fourth-order valence-corrected chi connectivity index (χ4v) is 2.90. The summed E-state index contributed by atoms with van der Waals surface area (Å²) in [4.78, 5) is 2.34. The Labute approximate surface area is 111 Å². The van der Waals surface area contributed by atoms with Crippen molar-refractivity contribution in [2.24, 2.45) is 17.8 Å². The zero-order valence-electron chi connectivity index (χ0n) is 11.8. The van der Waals surface area contributed by atoms with Crippen LogP contribution in [-0.4, -0.2) is 37.7 Å². The van der Waals surface area contributed by atoms with Crippen LogP contribution in [0.3, 0.4) is 0 Å². The second kappa shape index (κ2) is 6.54. The first-order valence-corrected chi connectivity index (χ1v) is 7.38. The van der Waals surface area contributed by atoms with Gasteiger partial charge in [0, 0.05) is 19.2 Å². The van der Waals surface area contributed by atoms with Gasteiger partial charge in [0.05, 0.1) is 18.6 Å². The molecule has 0 radical (unpaired) electrons. The second-order valence-corrected chi connectivity index (χ2v) is 6.22. The lowest BCUT2D eigenvalue weighted by Gasteiger charge is -2.37. The molecule has 0 N–H and O–H groups in total. The highest BCUT2D eigenvalue weighted by molar-refractivity contribution is 4.96. The van der Waals surface area contributed by atoms with Gasteiger partial charge in [0.25, 0.3) is 0 Å². The first kappa shape index (κ1) is 13.8. The Hall–Kier alpha value is -0.590. The van der Waals surface area contributed by atoms with Gasteiger partial charge in [-0.15, -0.1) is 0 Å². The third kappa shape index (κ3) is 3.96. The number of ether oxygens (including phenoxy) is 1. The van der Waals surface area contributed by atoms with Gasteiger partial charge in [0.2, 0.25) is 0 Å². The predicted octanol–water partition coefficient (Wildman–Crippen LogP) is 2.67. The van der Waals surface area contributed by atoms with Crippen LogP contribution < -0.4 is 0 Å². The van der Waals surface area contributed by atoms with Crippen LogP contribution in [0.5, 0.6) is 0 Å². The van der Waals surface area contributed by atoms with Crippen LogP contribution in [0.4, 0.5) is 0 Å². The van der Waals surface area contributed by atoms with Gasteiger partial charge in [0.1, 0.15) is 0 Å². The summed E-state index contributed by atoms with van der Waals surface area (Å²) in [6, 6.07) is 2.93. The molecule has 102 valence electrons. The van der Waals surface area contributed by atoms with Crippen LogP contribution in [0, 0.1) is 29.1 Å². The molecule has 2 rings (SSSR count). The molecule has 18 heavy (non-hydrogen) atoms. The van der Waals surface area contributed by atoms with Crippen LogP contribution in [-0.2, 0) is 4.74 Å². The summed E-state index contributed by atoms with van der Waals surface area (Å²) in [6.07, 6.45) is 6.15. The minimum atomic E-state index is 0.217. The third-order valence-corrected chi connectivity index (χ3v) is 4.45. The molecule has 2 saturated carbocycles. The van der Waals surface area contributed by atoms with E-state index in [9.17, 15) is 5.26 Å². The summed E-state index contributed by atoms with van der Waals surface area (Å²) < 4.78 is 5.69. The van der Waals surface area contributed by atoms with Gasteiger partial charge >= 0.3 is 0 Å². The van der Waals surface area contributed by atoms with E-state index in [2.05, 4.69) is 24.9 Å². The zero-order chi connectivity index (χ0) is 13.0. The second-order valence-electron chi connectivity index (χ2n) is 6.22. The lowest BCUT2D eigenvalue weighted by atomic mass is 9.79. The fraction of sp³-hybridized carbons (Fsp3) is 0.933. The Morgan fingerprint density at radius 1 is 1.28 bits per heavy atom. The van der Waals surface area contributed by atoms with Crippen molar-refractivity contribution >= 4 is 0 Å². The van der Waals surface area contributed by atoms with Crippen LogP contribution in [0.1, 0.15) is 39.0 Å². The van der Waals surface area contributed by atoms with E-state index in [0.29, 0.717) is 6.04 Å². The van der Waals surface area contributed by atoms with E-state index in [1.165, 1.54) is 19.3 Å². The van der Waals surface area contributed by atoms with Crippen molar-refractivity contribution in [3.05, 3.63) is 0 Å². The zero-order valence-corrected chi connectivity index (χ0v) is 11.8. The Morgan fingerprint density at radius 3 is 2.72 bits per heavy atom. The molecule has 0 bridgehead atoms. The average Bonchev–Trinajstić information content (AvgIpc) is 3.18. The van der Waals surface area contributed by atoms with E-state index in [1.807, 2.05) is 0 Å². The molecule has 2 aliphatic carbocycles. The Kier molecular flexibility index (Phi) is 5.03. The molecule has 0 saturated heterocycles. The van der Waals surface area contributed by atoms with Gasteiger partial charge in [-0.05, 0) is 51.0 Å². The minimum Gasteiger partial charge on any atom is -0.380 e. The Morgan fingerprint density at radius 2 is 2.06 bits per heavy atom. The highest BCUT2D eigenvalue weighted by Gasteiger charge is 2.31. The van der Waals surface area contributed by atoms with E-state index in [0.717, 1.165) is 44.4 Å². The van der Waals surface area contributed by atoms with Crippen molar-refractivity contribution in [2.45, 2.75) is 45.1 Å². The van der Waals surface area contributed by atoms with Gasteiger partial charge in [-0.2, -0.15) is 5.26 Å². The summed E-state index contributed by atoms with van der Waals surface area (Å²) >= 11 is 0. The molecular weight excluding hydrogens is 224 g/mol. The standard InChI is InChI=1S/C15H26N2O/c1-12-3-6-14(10-16)15(9-12)17(2)7-8-18-11-13-4-5-13/h12-15H,3-9,11H2,1-2H3. The molecule has 3 unspecified atom stereocenters. The first-order valence-electron chi connectivity index (χ1n) is 7.38. The Balaban J connectivity index is 1.70. The normalized spacial score (nSPS) is 32.4. The summed E-state index contributed by atoms with van der Waals surface area (Å²) in [6.45, 7) is 5.02. The smallest absolute Gasteiger partial charge is 0.0672 e. The van der Waals surface area contributed by atoms with Crippen LogP contribution in [0.15, 0.2) is 0 Å². The molecule has 0 aromatic carbocycles. The van der Waals surface area contributed by atoms with Gasteiger partial charge in [-0.1, -0.05) is 6.92 Å². The van der Waals surface area contributed by atoms with E-state index in [4.69, 9.17) is 4.74 Å². The third-order valence-electron chi connectivity index (χ3n) is 4.45. The van der Waals surface area contributed by atoms with E-state index in [1.54, 1.807) is 0 Å². The molecular formula is C15H26N2O. The maximum absolute atomic E-state index is 9.24. The maximum Gasteiger partial charge on any atom is 0.0672 e. The Bertz CT molecular complexity index is 295.